The van der Waals surface area contributed by atoms with Crippen LogP contribution in [0.4, 0.5) is 11.5 Å². The number of anilines is 2. The molecule has 2 rings (SSSR count). The van der Waals surface area contributed by atoms with Crippen LogP contribution in [0.15, 0.2) is 36.7 Å². The van der Waals surface area contributed by atoms with Gasteiger partial charge in [-0.15, -0.1) is 0 Å². The van der Waals surface area contributed by atoms with Gasteiger partial charge in [0.25, 0.3) is 5.91 Å². The number of hydrogen-bond acceptors (Lipinski definition) is 5. The van der Waals surface area contributed by atoms with Gasteiger partial charge < -0.3 is 15.5 Å². The number of carbonyl (C=O) groups excluding carboxylic acids is 1. The predicted octanol–water partition coefficient (Wildman–Crippen LogP) is 2.81. The van der Waals surface area contributed by atoms with Crippen molar-refractivity contribution in [2.24, 2.45) is 0 Å². The number of carbonyl (C=O) groups is 1. The van der Waals surface area contributed by atoms with Crippen LogP contribution in [-0.4, -0.2) is 48.0 Å². The van der Waals surface area contributed by atoms with Crippen LogP contribution in [0.5, 0.6) is 0 Å². The first kappa shape index (κ1) is 18.9. The predicted molar refractivity (Wildman–Crippen MR) is 101 cm³/mol. The molecule has 134 valence electrons. The van der Waals surface area contributed by atoms with Crippen LogP contribution in [0.1, 0.15) is 36.8 Å². The van der Waals surface area contributed by atoms with Crippen molar-refractivity contribution in [3.8, 4) is 0 Å². The maximum atomic E-state index is 12.1. The second-order valence-corrected chi connectivity index (χ2v) is 7.30. The van der Waals surface area contributed by atoms with E-state index in [2.05, 4.69) is 53.5 Å². The Hall–Kier alpha value is -2.47. The van der Waals surface area contributed by atoms with E-state index in [0.717, 1.165) is 12.2 Å². The van der Waals surface area contributed by atoms with Gasteiger partial charge in [0, 0.05) is 24.8 Å². The Balaban J connectivity index is 2.02. The van der Waals surface area contributed by atoms with Gasteiger partial charge in [0.05, 0.1) is 0 Å². The van der Waals surface area contributed by atoms with E-state index in [0.29, 0.717) is 18.1 Å². The quantitative estimate of drug-likeness (QED) is 0.845. The number of likely N-dealkylation sites (N-methyl/N-ethyl adjacent to an activating group) is 1. The molecule has 0 bridgehead atoms. The Morgan fingerprint density at radius 2 is 1.80 bits per heavy atom. The highest BCUT2D eigenvalue weighted by Gasteiger charge is 2.13. The van der Waals surface area contributed by atoms with Crippen LogP contribution in [0.2, 0.25) is 0 Å². The molecule has 6 nitrogen and oxygen atoms in total. The highest BCUT2D eigenvalue weighted by molar-refractivity contribution is 5.92. The van der Waals surface area contributed by atoms with Crippen molar-refractivity contribution in [2.75, 3.05) is 32.5 Å². The number of rotatable bonds is 6. The third-order valence-electron chi connectivity index (χ3n) is 3.77. The first-order valence-electron chi connectivity index (χ1n) is 8.38. The number of hydrogen-bond donors (Lipinski definition) is 2. The number of aromatic nitrogens is 2. The van der Waals surface area contributed by atoms with E-state index in [1.54, 1.807) is 6.07 Å². The van der Waals surface area contributed by atoms with E-state index in [9.17, 15) is 4.79 Å². The minimum absolute atomic E-state index is 0.116. The third kappa shape index (κ3) is 5.83. The van der Waals surface area contributed by atoms with Crippen molar-refractivity contribution in [1.82, 2.24) is 20.2 Å². The van der Waals surface area contributed by atoms with Crippen LogP contribution in [0.3, 0.4) is 0 Å². The van der Waals surface area contributed by atoms with E-state index in [4.69, 9.17) is 0 Å². The first-order valence-corrected chi connectivity index (χ1v) is 8.38. The second-order valence-electron chi connectivity index (χ2n) is 7.30. The number of nitrogens with zero attached hydrogens (tertiary/aromatic N) is 3. The van der Waals surface area contributed by atoms with Crippen molar-refractivity contribution in [3.63, 3.8) is 0 Å². The molecule has 0 saturated heterocycles. The maximum absolute atomic E-state index is 12.1. The zero-order valence-corrected chi connectivity index (χ0v) is 15.6. The molecular formula is C19H27N5O. The van der Waals surface area contributed by atoms with Crippen LogP contribution in [0, 0.1) is 0 Å². The summed E-state index contributed by atoms with van der Waals surface area (Å²) in [5, 5.41) is 6.06. The fourth-order valence-corrected chi connectivity index (χ4v) is 2.23. The molecule has 2 aromatic rings. The maximum Gasteiger partial charge on any atom is 0.270 e. The van der Waals surface area contributed by atoms with Crippen LogP contribution >= 0.6 is 0 Å². The van der Waals surface area contributed by atoms with E-state index >= 15 is 0 Å². The van der Waals surface area contributed by atoms with Gasteiger partial charge in [-0.2, -0.15) is 0 Å². The molecule has 2 N–H and O–H groups in total. The van der Waals surface area contributed by atoms with Crippen LogP contribution in [-0.2, 0) is 5.41 Å². The van der Waals surface area contributed by atoms with Crippen LogP contribution < -0.4 is 10.6 Å². The number of benzene rings is 1. The fraction of sp³-hybridized carbons (Fsp3) is 0.421. The molecule has 0 aliphatic rings. The highest BCUT2D eigenvalue weighted by atomic mass is 16.1. The molecule has 1 heterocycles. The van der Waals surface area contributed by atoms with Gasteiger partial charge in [0.2, 0.25) is 0 Å². The molecule has 0 spiro atoms. The van der Waals surface area contributed by atoms with Gasteiger partial charge >= 0.3 is 0 Å². The molecule has 0 aliphatic carbocycles. The average molecular weight is 341 g/mol. The molecule has 0 saturated carbocycles. The molecule has 6 heteroatoms. The molecule has 25 heavy (non-hydrogen) atoms. The second kappa shape index (κ2) is 8.07. The summed E-state index contributed by atoms with van der Waals surface area (Å²) < 4.78 is 0. The van der Waals surface area contributed by atoms with Gasteiger partial charge in [0.1, 0.15) is 17.8 Å². The molecule has 0 fully saturated rings. The Bertz CT molecular complexity index is 704. The summed E-state index contributed by atoms with van der Waals surface area (Å²) in [6, 6.07) is 9.87. The van der Waals surface area contributed by atoms with Crippen molar-refractivity contribution in [2.45, 2.75) is 26.2 Å². The molecule has 1 aromatic carbocycles. The molecule has 0 atom stereocenters. The van der Waals surface area contributed by atoms with E-state index in [1.165, 1.54) is 11.9 Å². The summed E-state index contributed by atoms with van der Waals surface area (Å²) in [5.74, 6) is 0.395. The van der Waals surface area contributed by atoms with Crippen molar-refractivity contribution >= 4 is 17.4 Å². The minimum atomic E-state index is -0.199. The molecule has 0 unspecified atom stereocenters. The van der Waals surface area contributed by atoms with Gasteiger partial charge in [-0.3, -0.25) is 4.79 Å². The van der Waals surface area contributed by atoms with Crippen LogP contribution in [0.25, 0.3) is 0 Å². The average Bonchev–Trinajstić information content (AvgIpc) is 2.54. The lowest BCUT2D eigenvalue weighted by atomic mass is 9.87. The van der Waals surface area contributed by atoms with E-state index < -0.39 is 0 Å². The first-order chi connectivity index (χ1) is 11.8. The molecule has 1 amide bonds. The Morgan fingerprint density at radius 3 is 2.40 bits per heavy atom. The Morgan fingerprint density at radius 1 is 1.12 bits per heavy atom. The molecule has 0 aliphatic heterocycles. The largest absolute Gasteiger partial charge is 0.349 e. The summed E-state index contributed by atoms with van der Waals surface area (Å²) in [4.78, 5) is 22.4. The minimum Gasteiger partial charge on any atom is -0.349 e. The molecule has 1 aromatic heterocycles. The topological polar surface area (TPSA) is 70.2 Å². The highest BCUT2D eigenvalue weighted by Crippen LogP contribution is 2.24. The Labute approximate surface area is 149 Å². The number of amides is 1. The van der Waals surface area contributed by atoms with Gasteiger partial charge in [0.15, 0.2) is 0 Å². The van der Waals surface area contributed by atoms with Crippen molar-refractivity contribution < 1.29 is 4.79 Å². The van der Waals surface area contributed by atoms with Crippen molar-refractivity contribution in [3.05, 3.63) is 47.9 Å². The lowest BCUT2D eigenvalue weighted by Crippen LogP contribution is -2.31. The lowest BCUT2D eigenvalue weighted by molar-refractivity contribution is 0.0946. The number of nitrogens with one attached hydrogen (secondary N) is 2. The van der Waals surface area contributed by atoms with Gasteiger partial charge in [-0.25, -0.2) is 9.97 Å². The molecular weight excluding hydrogens is 314 g/mol. The van der Waals surface area contributed by atoms with Gasteiger partial charge in [-0.05, 0) is 37.2 Å². The zero-order chi connectivity index (χ0) is 18.4. The van der Waals surface area contributed by atoms with Gasteiger partial charge in [-0.1, -0.05) is 32.9 Å². The van der Waals surface area contributed by atoms with Crippen molar-refractivity contribution in [1.29, 1.82) is 0 Å². The molecule has 0 radical (unpaired) electrons. The standard InChI is InChI=1S/C19H27N5O/c1-19(2,3)14-6-8-15(9-7-14)23-17-12-16(21-13-22-17)18(25)20-10-11-24(4)5/h6-9,12-13H,10-11H2,1-5H3,(H,20,25)(H,21,22,23). The monoisotopic (exact) mass is 341 g/mol. The van der Waals surface area contributed by atoms with E-state index in [-0.39, 0.29) is 11.3 Å². The summed E-state index contributed by atoms with van der Waals surface area (Å²) in [6.07, 6.45) is 1.40. The summed E-state index contributed by atoms with van der Waals surface area (Å²) >= 11 is 0. The van der Waals surface area contributed by atoms with E-state index in [1.807, 2.05) is 31.1 Å². The fourth-order valence-electron chi connectivity index (χ4n) is 2.23. The zero-order valence-electron chi connectivity index (χ0n) is 15.6. The summed E-state index contributed by atoms with van der Waals surface area (Å²) in [5.41, 5.74) is 2.65. The Kier molecular flexibility index (Phi) is 6.09. The lowest BCUT2D eigenvalue weighted by Gasteiger charge is -2.19. The summed E-state index contributed by atoms with van der Waals surface area (Å²) in [6.45, 7) is 7.90. The third-order valence-corrected chi connectivity index (χ3v) is 3.77. The summed E-state index contributed by atoms with van der Waals surface area (Å²) in [7, 11) is 3.92. The normalized spacial score (nSPS) is 11.4. The SMILES string of the molecule is CN(C)CCNC(=O)c1cc(Nc2ccc(C(C)(C)C)cc2)ncn1. The smallest absolute Gasteiger partial charge is 0.270 e.